The van der Waals surface area contributed by atoms with Gasteiger partial charge in [-0.2, -0.15) is 0 Å². The number of nitrogens with zero attached hydrogens (tertiary/aromatic N) is 2. The number of benzene rings is 4. The van der Waals surface area contributed by atoms with Gasteiger partial charge in [0.2, 0.25) is 7.37 Å². The molecule has 0 aromatic heterocycles. The smallest absolute Gasteiger partial charge is 0.322 e. The Morgan fingerprint density at radius 2 is 0.895 bits per heavy atom. The molecule has 1 heterocycles. The SMILES string of the molecule is COP1(=O)C(Cc2ccccc2)N(Cc2ccccc2)C(=O)N(Cc2ccccc2)C1Cc1ccccc1. The second kappa shape index (κ2) is 11.8. The van der Waals surface area contributed by atoms with E-state index < -0.39 is 18.9 Å². The van der Waals surface area contributed by atoms with Crippen LogP contribution in [0.25, 0.3) is 0 Å². The Balaban J connectivity index is 1.61. The highest BCUT2D eigenvalue weighted by Crippen LogP contribution is 2.62. The average Bonchev–Trinajstić information content (AvgIpc) is 2.97. The quantitative estimate of drug-likeness (QED) is 0.218. The van der Waals surface area contributed by atoms with E-state index in [4.69, 9.17) is 4.52 Å². The summed E-state index contributed by atoms with van der Waals surface area (Å²) in [4.78, 5) is 18.0. The number of urea groups is 1. The molecular weight excluding hydrogens is 491 g/mol. The lowest BCUT2D eigenvalue weighted by molar-refractivity contribution is 0.109. The third kappa shape index (κ3) is 5.60. The summed E-state index contributed by atoms with van der Waals surface area (Å²) in [6, 6.07) is 39.6. The van der Waals surface area contributed by atoms with Crippen LogP contribution in [0.15, 0.2) is 121 Å². The summed E-state index contributed by atoms with van der Waals surface area (Å²) >= 11 is 0. The van der Waals surface area contributed by atoms with Crippen LogP contribution in [0, 0.1) is 0 Å². The molecule has 2 unspecified atom stereocenters. The first kappa shape index (κ1) is 26.0. The van der Waals surface area contributed by atoms with Crippen molar-refractivity contribution in [1.29, 1.82) is 0 Å². The maximum Gasteiger partial charge on any atom is 0.322 e. The van der Waals surface area contributed by atoms with E-state index in [9.17, 15) is 4.79 Å². The van der Waals surface area contributed by atoms with Gasteiger partial charge >= 0.3 is 6.03 Å². The Labute approximate surface area is 225 Å². The van der Waals surface area contributed by atoms with E-state index in [0.717, 1.165) is 22.3 Å². The number of rotatable bonds is 9. The Kier molecular flexibility index (Phi) is 8.07. The van der Waals surface area contributed by atoms with Crippen molar-refractivity contribution in [2.24, 2.45) is 0 Å². The van der Waals surface area contributed by atoms with E-state index >= 15 is 4.57 Å². The molecule has 0 saturated carbocycles. The van der Waals surface area contributed by atoms with E-state index in [-0.39, 0.29) is 6.03 Å². The van der Waals surface area contributed by atoms with Crippen molar-refractivity contribution in [3.63, 3.8) is 0 Å². The van der Waals surface area contributed by atoms with Crippen molar-refractivity contribution in [3.05, 3.63) is 144 Å². The molecule has 4 aromatic carbocycles. The zero-order valence-corrected chi connectivity index (χ0v) is 22.5. The Morgan fingerprint density at radius 3 is 1.21 bits per heavy atom. The van der Waals surface area contributed by atoms with Gasteiger partial charge in [-0.15, -0.1) is 0 Å². The molecule has 6 heteroatoms. The molecule has 0 aliphatic carbocycles. The summed E-state index contributed by atoms with van der Waals surface area (Å²) in [6.07, 6.45) is 0.907. The van der Waals surface area contributed by atoms with Gasteiger partial charge in [0.25, 0.3) is 0 Å². The lowest BCUT2D eigenvalue weighted by Gasteiger charge is -2.50. The molecule has 1 fully saturated rings. The first-order valence-corrected chi connectivity index (χ1v) is 14.7. The molecule has 5 rings (SSSR count). The maximum atomic E-state index is 15.2. The predicted molar refractivity (Wildman–Crippen MR) is 152 cm³/mol. The molecule has 1 aliphatic heterocycles. The Hall–Kier alpha value is -3.66. The zero-order chi connectivity index (χ0) is 26.4. The van der Waals surface area contributed by atoms with Gasteiger partial charge in [0.15, 0.2) is 0 Å². The molecule has 1 aliphatic rings. The van der Waals surface area contributed by atoms with Gasteiger partial charge in [0.05, 0.1) is 0 Å². The van der Waals surface area contributed by atoms with Crippen LogP contribution in [0.1, 0.15) is 22.3 Å². The summed E-state index contributed by atoms with van der Waals surface area (Å²) in [5.74, 6) is -1.19. The standard InChI is InChI=1S/C32H33N2O3P/c1-37-38(36)30(22-26-14-6-2-7-15-26)33(24-28-18-10-4-11-19-28)32(35)34(25-29-20-12-5-13-21-29)31(38)23-27-16-8-3-9-17-27/h2-21,30-31H,22-25H2,1H3. The molecule has 0 N–H and O–H groups in total. The molecule has 5 nitrogen and oxygen atoms in total. The van der Waals surface area contributed by atoms with Crippen LogP contribution in [0.3, 0.4) is 0 Å². The third-order valence-corrected chi connectivity index (χ3v) is 10.4. The second-order valence-corrected chi connectivity index (χ2v) is 12.5. The Morgan fingerprint density at radius 1 is 0.579 bits per heavy atom. The Bertz CT molecular complexity index is 1270. The van der Waals surface area contributed by atoms with Crippen molar-refractivity contribution < 1.29 is 13.9 Å². The molecule has 0 bridgehead atoms. The fraction of sp³-hybridized carbons (Fsp3) is 0.219. The number of carbonyl (C=O) groups excluding carboxylic acids is 1. The van der Waals surface area contributed by atoms with Gasteiger partial charge in [-0.3, -0.25) is 4.57 Å². The van der Waals surface area contributed by atoms with Crippen molar-refractivity contribution in [3.8, 4) is 0 Å². The highest BCUT2D eigenvalue weighted by molar-refractivity contribution is 7.60. The summed E-state index contributed by atoms with van der Waals surface area (Å²) in [5.41, 5.74) is 4.02. The van der Waals surface area contributed by atoms with Crippen LogP contribution in [0.5, 0.6) is 0 Å². The fourth-order valence-corrected chi connectivity index (χ4v) is 8.23. The minimum Gasteiger partial charge on any atom is -0.329 e. The van der Waals surface area contributed by atoms with E-state index in [1.807, 2.05) is 121 Å². The molecule has 2 amide bonds. The molecule has 0 radical (unpaired) electrons. The molecule has 4 aromatic rings. The second-order valence-electron chi connectivity index (χ2n) is 9.68. The minimum atomic E-state index is -3.44. The molecule has 2 atom stereocenters. The summed E-state index contributed by atoms with van der Waals surface area (Å²) in [7, 11) is -1.90. The maximum absolute atomic E-state index is 15.2. The topological polar surface area (TPSA) is 49.9 Å². The van der Waals surface area contributed by atoms with Gasteiger partial charge in [0.1, 0.15) is 11.6 Å². The summed E-state index contributed by atoms with van der Waals surface area (Å²) in [6.45, 7) is 0.710. The minimum absolute atomic E-state index is 0.122. The van der Waals surface area contributed by atoms with Gasteiger partial charge < -0.3 is 14.3 Å². The van der Waals surface area contributed by atoms with Crippen LogP contribution in [-0.2, 0) is 35.0 Å². The van der Waals surface area contributed by atoms with Crippen LogP contribution < -0.4 is 0 Å². The van der Waals surface area contributed by atoms with Crippen LogP contribution in [0.2, 0.25) is 0 Å². The molecule has 38 heavy (non-hydrogen) atoms. The lowest BCUT2D eigenvalue weighted by Crippen LogP contribution is -2.58. The first-order valence-electron chi connectivity index (χ1n) is 13.0. The van der Waals surface area contributed by atoms with Crippen LogP contribution >= 0.6 is 7.37 Å². The monoisotopic (exact) mass is 524 g/mol. The van der Waals surface area contributed by atoms with Crippen molar-refractivity contribution >= 4 is 13.4 Å². The molecule has 0 spiro atoms. The third-order valence-electron chi connectivity index (χ3n) is 7.24. The van der Waals surface area contributed by atoms with E-state index in [1.165, 1.54) is 7.11 Å². The van der Waals surface area contributed by atoms with Crippen molar-refractivity contribution in [2.45, 2.75) is 37.5 Å². The first-order chi connectivity index (χ1) is 18.6. The largest absolute Gasteiger partial charge is 0.329 e. The normalized spacial score (nSPS) is 21.4. The van der Waals surface area contributed by atoms with E-state index in [1.54, 1.807) is 9.80 Å². The van der Waals surface area contributed by atoms with Crippen molar-refractivity contribution in [2.75, 3.05) is 7.11 Å². The van der Waals surface area contributed by atoms with Gasteiger partial charge in [-0.05, 0) is 22.3 Å². The number of carbonyl (C=O) groups is 1. The van der Waals surface area contributed by atoms with Gasteiger partial charge in [0, 0.05) is 33.0 Å². The lowest BCUT2D eigenvalue weighted by atomic mass is 10.1. The number of hydrogen-bond acceptors (Lipinski definition) is 3. The summed E-state index contributed by atoms with van der Waals surface area (Å²) < 4.78 is 21.2. The van der Waals surface area contributed by atoms with Crippen molar-refractivity contribution in [1.82, 2.24) is 9.80 Å². The zero-order valence-electron chi connectivity index (χ0n) is 21.6. The highest BCUT2D eigenvalue weighted by Gasteiger charge is 2.54. The van der Waals surface area contributed by atoms with E-state index in [0.29, 0.717) is 25.9 Å². The average molecular weight is 525 g/mol. The van der Waals surface area contributed by atoms with Crippen LogP contribution in [0.4, 0.5) is 4.79 Å². The molecular formula is C32H33N2O3P. The molecule has 194 valence electrons. The number of amides is 2. The number of hydrogen-bond donors (Lipinski definition) is 0. The molecule has 1 saturated heterocycles. The van der Waals surface area contributed by atoms with E-state index in [2.05, 4.69) is 0 Å². The van der Waals surface area contributed by atoms with Crippen LogP contribution in [-0.4, -0.2) is 34.5 Å². The highest BCUT2D eigenvalue weighted by atomic mass is 31.2. The predicted octanol–water partition coefficient (Wildman–Crippen LogP) is 7.19. The van der Waals surface area contributed by atoms with Gasteiger partial charge in [-0.25, -0.2) is 4.79 Å². The fourth-order valence-electron chi connectivity index (χ4n) is 5.28. The summed E-state index contributed by atoms with van der Waals surface area (Å²) in [5, 5.41) is 0. The van der Waals surface area contributed by atoms with Gasteiger partial charge in [-0.1, -0.05) is 121 Å².